The van der Waals surface area contributed by atoms with Crippen molar-refractivity contribution in [2.75, 3.05) is 6.61 Å². The second-order valence-electron chi connectivity index (χ2n) is 6.43. The second kappa shape index (κ2) is 13.0. The molecule has 1 atom stereocenters. The summed E-state index contributed by atoms with van der Waals surface area (Å²) in [5.74, 6) is -0.928. The highest BCUT2D eigenvalue weighted by atomic mass is 16.5. The lowest BCUT2D eigenvalue weighted by atomic mass is 10.1. The number of ether oxygens (including phenoxy) is 1. The molecule has 0 fully saturated rings. The fourth-order valence-electron chi connectivity index (χ4n) is 2.65. The number of aliphatic hydroxyl groups excluding tert-OH is 1. The number of aromatic carboxylic acids is 1. The van der Waals surface area contributed by atoms with Gasteiger partial charge in [-0.25, -0.2) is 4.79 Å². The number of unbranched alkanes of at least 4 members (excludes halogenated alkanes) is 7. The van der Waals surface area contributed by atoms with Crippen molar-refractivity contribution in [2.24, 2.45) is 0 Å². The van der Waals surface area contributed by atoms with Gasteiger partial charge in [-0.1, -0.05) is 70.4 Å². The predicted octanol–water partition coefficient (Wildman–Crippen LogP) is 4.79. The average molecular weight is 336 g/mol. The number of benzene rings is 1. The van der Waals surface area contributed by atoms with Gasteiger partial charge in [0.1, 0.15) is 0 Å². The zero-order chi connectivity index (χ0) is 17.6. The molecule has 0 spiro atoms. The third-order valence-corrected chi connectivity index (χ3v) is 4.17. The number of carboxylic acids is 1. The summed E-state index contributed by atoms with van der Waals surface area (Å²) in [5, 5.41) is 18.7. The fraction of sp³-hybridized carbons (Fsp3) is 0.650. The van der Waals surface area contributed by atoms with Crippen LogP contribution in [0.3, 0.4) is 0 Å². The van der Waals surface area contributed by atoms with Gasteiger partial charge in [0.25, 0.3) is 0 Å². The van der Waals surface area contributed by atoms with Gasteiger partial charge in [0.05, 0.1) is 24.9 Å². The highest BCUT2D eigenvalue weighted by Gasteiger charge is 2.05. The Bertz CT molecular complexity index is 441. The quantitative estimate of drug-likeness (QED) is 0.479. The van der Waals surface area contributed by atoms with E-state index < -0.39 is 12.1 Å². The van der Waals surface area contributed by atoms with Crippen molar-refractivity contribution in [1.82, 2.24) is 0 Å². The maximum absolute atomic E-state index is 10.8. The molecule has 0 aliphatic rings. The van der Waals surface area contributed by atoms with Crippen LogP contribution in [0.15, 0.2) is 24.3 Å². The number of carboxylic acid groups (broad SMARTS) is 1. The number of carbonyl (C=O) groups is 1. The molecular formula is C20H32O4. The van der Waals surface area contributed by atoms with E-state index in [9.17, 15) is 9.90 Å². The van der Waals surface area contributed by atoms with Crippen molar-refractivity contribution in [3.05, 3.63) is 35.4 Å². The molecule has 1 aromatic carbocycles. The van der Waals surface area contributed by atoms with Crippen LogP contribution in [-0.2, 0) is 11.3 Å². The maximum atomic E-state index is 10.8. The van der Waals surface area contributed by atoms with E-state index in [0.29, 0.717) is 13.2 Å². The van der Waals surface area contributed by atoms with Crippen molar-refractivity contribution in [1.29, 1.82) is 0 Å². The SMILES string of the molecule is CCCCCCCCCCC(O)COCc1ccc(C(=O)O)cc1. The third-order valence-electron chi connectivity index (χ3n) is 4.17. The van der Waals surface area contributed by atoms with E-state index >= 15 is 0 Å². The third kappa shape index (κ3) is 9.68. The summed E-state index contributed by atoms with van der Waals surface area (Å²) in [6.45, 7) is 2.96. The summed E-state index contributed by atoms with van der Waals surface area (Å²) < 4.78 is 5.51. The van der Waals surface area contributed by atoms with Crippen molar-refractivity contribution in [3.8, 4) is 0 Å². The molecule has 136 valence electrons. The second-order valence-corrected chi connectivity index (χ2v) is 6.43. The molecule has 4 heteroatoms. The van der Waals surface area contributed by atoms with E-state index in [2.05, 4.69) is 6.92 Å². The zero-order valence-electron chi connectivity index (χ0n) is 14.9. The van der Waals surface area contributed by atoms with Gasteiger partial charge >= 0.3 is 5.97 Å². The molecule has 1 aromatic rings. The van der Waals surface area contributed by atoms with Crippen molar-refractivity contribution in [3.63, 3.8) is 0 Å². The topological polar surface area (TPSA) is 66.8 Å². The van der Waals surface area contributed by atoms with Gasteiger partial charge in [-0.05, 0) is 24.1 Å². The van der Waals surface area contributed by atoms with Gasteiger partial charge in [-0.2, -0.15) is 0 Å². The van der Waals surface area contributed by atoms with Gasteiger partial charge in [0.15, 0.2) is 0 Å². The van der Waals surface area contributed by atoms with Gasteiger partial charge < -0.3 is 14.9 Å². The van der Waals surface area contributed by atoms with Gasteiger partial charge in [0, 0.05) is 0 Å². The van der Waals surface area contributed by atoms with E-state index in [0.717, 1.165) is 18.4 Å². The summed E-state index contributed by atoms with van der Waals surface area (Å²) in [6, 6.07) is 6.62. The van der Waals surface area contributed by atoms with Gasteiger partial charge in [-0.15, -0.1) is 0 Å². The van der Waals surface area contributed by atoms with Crippen LogP contribution < -0.4 is 0 Å². The highest BCUT2D eigenvalue weighted by Crippen LogP contribution is 2.11. The Labute approximate surface area is 145 Å². The molecule has 0 aromatic heterocycles. The molecule has 0 saturated carbocycles. The molecule has 2 N–H and O–H groups in total. The van der Waals surface area contributed by atoms with E-state index in [4.69, 9.17) is 9.84 Å². The summed E-state index contributed by atoms with van der Waals surface area (Å²) in [4.78, 5) is 10.8. The van der Waals surface area contributed by atoms with Crippen LogP contribution in [0.2, 0.25) is 0 Å². The number of hydrogen-bond acceptors (Lipinski definition) is 3. The highest BCUT2D eigenvalue weighted by molar-refractivity contribution is 5.87. The summed E-state index contributed by atoms with van der Waals surface area (Å²) in [5.41, 5.74) is 1.19. The molecule has 0 bridgehead atoms. The molecule has 0 aliphatic carbocycles. The normalized spacial score (nSPS) is 12.2. The molecule has 24 heavy (non-hydrogen) atoms. The van der Waals surface area contributed by atoms with E-state index in [1.807, 2.05) is 0 Å². The Hall–Kier alpha value is -1.39. The Morgan fingerprint density at radius 3 is 2.17 bits per heavy atom. The monoisotopic (exact) mass is 336 g/mol. The maximum Gasteiger partial charge on any atom is 0.335 e. The largest absolute Gasteiger partial charge is 0.478 e. The molecule has 4 nitrogen and oxygen atoms in total. The minimum Gasteiger partial charge on any atom is -0.478 e. The first-order chi connectivity index (χ1) is 11.6. The fourth-order valence-corrected chi connectivity index (χ4v) is 2.65. The predicted molar refractivity (Wildman–Crippen MR) is 96.3 cm³/mol. The van der Waals surface area contributed by atoms with E-state index in [-0.39, 0.29) is 5.56 Å². The minimum absolute atomic E-state index is 0.272. The van der Waals surface area contributed by atoms with Crippen LogP contribution in [0.25, 0.3) is 0 Å². The standard InChI is InChI=1S/C20H32O4/c1-2-3-4-5-6-7-8-9-10-19(21)16-24-15-17-11-13-18(14-12-17)20(22)23/h11-14,19,21H,2-10,15-16H2,1H3,(H,22,23). The lowest BCUT2D eigenvalue weighted by Gasteiger charge is -2.11. The summed E-state index contributed by atoms with van der Waals surface area (Å²) >= 11 is 0. The smallest absolute Gasteiger partial charge is 0.335 e. The molecule has 0 saturated heterocycles. The van der Waals surface area contributed by atoms with Crippen LogP contribution in [0.1, 0.15) is 80.6 Å². The summed E-state index contributed by atoms with van der Waals surface area (Å²) in [6.07, 6.45) is 10.5. The Kier molecular flexibility index (Phi) is 11.2. The molecule has 0 aliphatic heterocycles. The molecule has 1 rings (SSSR count). The first kappa shape index (κ1) is 20.7. The number of hydrogen-bond donors (Lipinski definition) is 2. The Morgan fingerprint density at radius 2 is 1.58 bits per heavy atom. The molecule has 0 amide bonds. The van der Waals surface area contributed by atoms with Gasteiger partial charge in [0.2, 0.25) is 0 Å². The van der Waals surface area contributed by atoms with Gasteiger partial charge in [-0.3, -0.25) is 0 Å². The van der Waals surface area contributed by atoms with Crippen LogP contribution in [-0.4, -0.2) is 28.9 Å². The first-order valence-electron chi connectivity index (χ1n) is 9.21. The summed E-state index contributed by atoms with van der Waals surface area (Å²) in [7, 11) is 0. The molecular weight excluding hydrogens is 304 g/mol. The zero-order valence-corrected chi connectivity index (χ0v) is 14.9. The van der Waals surface area contributed by atoms with Crippen LogP contribution >= 0.6 is 0 Å². The number of rotatable bonds is 14. The minimum atomic E-state index is -0.928. The van der Waals surface area contributed by atoms with Crippen molar-refractivity contribution in [2.45, 2.75) is 77.4 Å². The first-order valence-corrected chi connectivity index (χ1v) is 9.21. The Balaban J connectivity index is 2.01. The lowest BCUT2D eigenvalue weighted by molar-refractivity contribution is 0.0233. The van der Waals surface area contributed by atoms with Crippen LogP contribution in [0.5, 0.6) is 0 Å². The van der Waals surface area contributed by atoms with Crippen LogP contribution in [0, 0.1) is 0 Å². The van der Waals surface area contributed by atoms with E-state index in [1.54, 1.807) is 24.3 Å². The Morgan fingerprint density at radius 1 is 1.00 bits per heavy atom. The van der Waals surface area contributed by atoms with Crippen LogP contribution in [0.4, 0.5) is 0 Å². The van der Waals surface area contributed by atoms with E-state index in [1.165, 1.54) is 44.9 Å². The molecule has 0 radical (unpaired) electrons. The molecule has 0 heterocycles. The molecule has 1 unspecified atom stereocenters. The van der Waals surface area contributed by atoms with Crippen molar-refractivity contribution < 1.29 is 19.7 Å². The number of aliphatic hydroxyl groups is 1. The lowest BCUT2D eigenvalue weighted by Crippen LogP contribution is -2.15. The van der Waals surface area contributed by atoms with Crippen molar-refractivity contribution >= 4 is 5.97 Å². The average Bonchev–Trinajstić information content (AvgIpc) is 2.57.